The average molecular weight is 528 g/mol. The van der Waals surface area contributed by atoms with Crippen molar-refractivity contribution in [3.63, 3.8) is 0 Å². The van der Waals surface area contributed by atoms with Crippen molar-refractivity contribution in [2.24, 2.45) is 5.92 Å². The Balaban J connectivity index is 1.69. The van der Waals surface area contributed by atoms with Crippen LogP contribution < -0.4 is 0 Å². The van der Waals surface area contributed by atoms with Gasteiger partial charge in [-0.15, -0.1) is 0 Å². The Hall–Kier alpha value is -3.04. The van der Waals surface area contributed by atoms with Gasteiger partial charge in [0.25, 0.3) is 0 Å². The third-order valence-electron chi connectivity index (χ3n) is 6.40. The summed E-state index contributed by atoms with van der Waals surface area (Å²) in [6.45, 7) is 5.58. The Morgan fingerprint density at radius 2 is 1.89 bits per heavy atom. The van der Waals surface area contributed by atoms with Crippen LogP contribution in [0.3, 0.4) is 0 Å². The zero-order chi connectivity index (χ0) is 26.4. The minimum atomic E-state index is -3.98. The van der Waals surface area contributed by atoms with Crippen molar-refractivity contribution >= 4 is 15.7 Å². The Morgan fingerprint density at radius 3 is 2.57 bits per heavy atom. The number of carbonyl (C=O) groups is 1. The highest BCUT2D eigenvalue weighted by molar-refractivity contribution is 7.90. The van der Waals surface area contributed by atoms with Crippen molar-refractivity contribution < 1.29 is 22.3 Å². The fourth-order valence-electron chi connectivity index (χ4n) is 4.55. The molecule has 0 aliphatic carbocycles. The van der Waals surface area contributed by atoms with Gasteiger partial charge in [0.2, 0.25) is 20.9 Å². The molecule has 4 rings (SSSR count). The highest BCUT2D eigenvalue weighted by Crippen LogP contribution is 2.23. The van der Waals surface area contributed by atoms with Crippen LogP contribution in [-0.4, -0.2) is 48.0 Å². The Kier molecular flexibility index (Phi) is 8.76. The number of ether oxygens (including phenoxy) is 1. The lowest BCUT2D eigenvalue weighted by Crippen LogP contribution is -2.38. The summed E-state index contributed by atoms with van der Waals surface area (Å²) in [6.07, 6.45) is 3.71. The molecule has 1 aliphatic rings. The number of benzene rings is 2. The molecule has 0 N–H and O–H groups in total. The molecular formula is C28H34FN3O4S. The van der Waals surface area contributed by atoms with Gasteiger partial charge >= 0.3 is 0 Å². The number of nitrogens with zero attached hydrogens (tertiary/aromatic N) is 3. The first-order valence-electron chi connectivity index (χ1n) is 12.7. The number of imidazole rings is 1. The second-order valence-electron chi connectivity index (χ2n) is 9.96. The van der Waals surface area contributed by atoms with Crippen LogP contribution >= 0.6 is 0 Å². The van der Waals surface area contributed by atoms with Crippen LogP contribution in [0.4, 0.5) is 4.39 Å². The molecule has 3 aromatic rings. The Labute approximate surface area is 218 Å². The fraction of sp³-hybridized carbons (Fsp3) is 0.429. The van der Waals surface area contributed by atoms with E-state index < -0.39 is 21.4 Å². The molecule has 0 bridgehead atoms. The molecule has 1 atom stereocenters. The molecule has 1 aromatic heterocycles. The number of hydrogen-bond donors (Lipinski definition) is 0. The van der Waals surface area contributed by atoms with E-state index >= 15 is 0 Å². The van der Waals surface area contributed by atoms with Crippen molar-refractivity contribution in [1.29, 1.82) is 0 Å². The van der Waals surface area contributed by atoms with E-state index in [9.17, 15) is 17.6 Å². The van der Waals surface area contributed by atoms with Crippen LogP contribution in [-0.2, 0) is 38.2 Å². The average Bonchev–Trinajstić information content (AvgIpc) is 3.51. The monoisotopic (exact) mass is 527 g/mol. The van der Waals surface area contributed by atoms with E-state index in [-0.39, 0.29) is 41.7 Å². The van der Waals surface area contributed by atoms with Crippen molar-refractivity contribution in [1.82, 2.24) is 14.5 Å². The highest BCUT2D eigenvalue weighted by Gasteiger charge is 2.28. The van der Waals surface area contributed by atoms with E-state index in [1.165, 1.54) is 24.4 Å². The predicted molar refractivity (Wildman–Crippen MR) is 139 cm³/mol. The lowest BCUT2D eigenvalue weighted by Gasteiger charge is -2.27. The molecule has 0 saturated carbocycles. The van der Waals surface area contributed by atoms with Crippen LogP contribution in [0, 0.1) is 11.7 Å². The van der Waals surface area contributed by atoms with Crippen LogP contribution in [0.1, 0.15) is 49.9 Å². The SMILES string of the molecule is CC(C)CC(=O)N(Cc1cnc(S(=O)(=O)Cc2ccccc2F)n1Cc1ccccc1)C[C@H]1CCCO1. The summed E-state index contributed by atoms with van der Waals surface area (Å²) in [7, 11) is -3.98. The molecule has 2 heterocycles. The van der Waals surface area contributed by atoms with Crippen molar-refractivity contribution in [2.75, 3.05) is 13.2 Å². The molecule has 0 unspecified atom stereocenters. The molecule has 37 heavy (non-hydrogen) atoms. The largest absolute Gasteiger partial charge is 0.376 e. The minimum Gasteiger partial charge on any atom is -0.376 e. The topological polar surface area (TPSA) is 81.5 Å². The smallest absolute Gasteiger partial charge is 0.228 e. The van der Waals surface area contributed by atoms with Crippen molar-refractivity contribution in [3.8, 4) is 0 Å². The van der Waals surface area contributed by atoms with Gasteiger partial charge in [-0.05, 0) is 30.4 Å². The van der Waals surface area contributed by atoms with E-state index in [1.54, 1.807) is 15.5 Å². The minimum absolute atomic E-state index is 0.00581. The normalized spacial score (nSPS) is 15.8. The van der Waals surface area contributed by atoms with E-state index in [2.05, 4.69) is 4.98 Å². The molecule has 1 amide bonds. The van der Waals surface area contributed by atoms with Gasteiger partial charge in [-0.1, -0.05) is 62.4 Å². The van der Waals surface area contributed by atoms with Gasteiger partial charge in [-0.2, -0.15) is 0 Å². The molecule has 1 saturated heterocycles. The number of halogens is 1. The van der Waals surface area contributed by atoms with Crippen LogP contribution in [0.15, 0.2) is 66.0 Å². The first kappa shape index (κ1) is 27.0. The maximum atomic E-state index is 14.3. The number of sulfone groups is 1. The molecular weight excluding hydrogens is 493 g/mol. The van der Waals surface area contributed by atoms with Crippen molar-refractivity contribution in [2.45, 2.75) is 63.2 Å². The zero-order valence-corrected chi connectivity index (χ0v) is 22.2. The van der Waals surface area contributed by atoms with Gasteiger partial charge in [-0.25, -0.2) is 17.8 Å². The second kappa shape index (κ2) is 12.0. The van der Waals surface area contributed by atoms with Crippen LogP contribution in [0.2, 0.25) is 0 Å². The molecule has 1 aliphatic heterocycles. The highest BCUT2D eigenvalue weighted by atomic mass is 32.2. The van der Waals surface area contributed by atoms with Gasteiger partial charge < -0.3 is 14.2 Å². The number of hydrogen-bond acceptors (Lipinski definition) is 5. The van der Waals surface area contributed by atoms with Gasteiger partial charge in [0, 0.05) is 25.1 Å². The van der Waals surface area contributed by atoms with Crippen LogP contribution in [0.5, 0.6) is 0 Å². The summed E-state index contributed by atoms with van der Waals surface area (Å²) in [5.74, 6) is -0.898. The van der Waals surface area contributed by atoms with Gasteiger partial charge in [0.1, 0.15) is 5.82 Å². The van der Waals surface area contributed by atoms with E-state index in [0.29, 0.717) is 25.3 Å². The first-order chi connectivity index (χ1) is 17.7. The van der Waals surface area contributed by atoms with Crippen LogP contribution in [0.25, 0.3) is 0 Å². The summed E-state index contributed by atoms with van der Waals surface area (Å²) >= 11 is 0. The van der Waals surface area contributed by atoms with E-state index in [1.807, 2.05) is 44.2 Å². The number of carbonyl (C=O) groups excluding carboxylic acids is 1. The molecule has 198 valence electrons. The lowest BCUT2D eigenvalue weighted by molar-refractivity contribution is -0.134. The fourth-order valence-corrected chi connectivity index (χ4v) is 6.05. The summed E-state index contributed by atoms with van der Waals surface area (Å²) in [5.41, 5.74) is 1.58. The standard InChI is InChI=1S/C28H34FN3O4S/c1-21(2)15-27(33)31(19-25-12-8-14-36-25)18-24-16-30-28(32(24)17-22-9-4-3-5-10-22)37(34,35)20-23-11-6-7-13-26(23)29/h3-7,9-11,13,16,21,25H,8,12,14-15,17-20H2,1-2H3/t25-/m1/s1. The molecule has 1 fully saturated rings. The van der Waals surface area contributed by atoms with Gasteiger partial charge in [-0.3, -0.25) is 4.79 Å². The maximum absolute atomic E-state index is 14.3. The number of aromatic nitrogens is 2. The summed E-state index contributed by atoms with van der Waals surface area (Å²) in [5, 5.41) is -0.136. The predicted octanol–water partition coefficient (Wildman–Crippen LogP) is 4.60. The molecule has 7 nitrogen and oxygen atoms in total. The maximum Gasteiger partial charge on any atom is 0.228 e. The van der Waals surface area contributed by atoms with E-state index in [0.717, 1.165) is 18.4 Å². The van der Waals surface area contributed by atoms with Gasteiger partial charge in [0.05, 0.1) is 36.8 Å². The van der Waals surface area contributed by atoms with E-state index in [4.69, 9.17) is 4.74 Å². The first-order valence-corrected chi connectivity index (χ1v) is 14.3. The molecule has 0 spiro atoms. The van der Waals surface area contributed by atoms with Gasteiger partial charge in [0.15, 0.2) is 0 Å². The Bertz CT molecular complexity index is 1300. The third kappa shape index (κ3) is 7.05. The van der Waals surface area contributed by atoms with Crippen molar-refractivity contribution in [3.05, 3.63) is 83.4 Å². The lowest BCUT2D eigenvalue weighted by atomic mass is 10.1. The quantitative estimate of drug-likeness (QED) is 0.364. The number of amides is 1. The Morgan fingerprint density at radius 1 is 1.16 bits per heavy atom. The number of rotatable bonds is 11. The molecule has 0 radical (unpaired) electrons. The third-order valence-corrected chi connectivity index (χ3v) is 7.98. The zero-order valence-electron chi connectivity index (χ0n) is 21.3. The summed E-state index contributed by atoms with van der Waals surface area (Å²) in [4.78, 5) is 19.2. The molecule has 2 aromatic carbocycles. The summed E-state index contributed by atoms with van der Waals surface area (Å²) in [6, 6.07) is 15.3. The second-order valence-corrected chi connectivity index (χ2v) is 11.8. The summed E-state index contributed by atoms with van der Waals surface area (Å²) < 4.78 is 48.7. The molecule has 9 heteroatoms.